The van der Waals surface area contributed by atoms with E-state index in [1.807, 2.05) is 6.92 Å². The fourth-order valence-electron chi connectivity index (χ4n) is 4.61. The summed E-state index contributed by atoms with van der Waals surface area (Å²) in [7, 11) is 2.92. The molecule has 0 fully saturated rings. The molecule has 1 atom stereocenters. The van der Waals surface area contributed by atoms with Gasteiger partial charge in [-0.05, 0) is 66.9 Å². The molecule has 4 aromatic rings. The van der Waals surface area contributed by atoms with Gasteiger partial charge in [0.2, 0.25) is 0 Å². The number of phenols is 1. The van der Waals surface area contributed by atoms with Gasteiger partial charge in [-0.15, -0.1) is 0 Å². The molecular weight excluding hydrogens is 489 g/mol. The predicted octanol–water partition coefficient (Wildman–Crippen LogP) is 4.90. The van der Waals surface area contributed by atoms with Crippen molar-refractivity contribution in [2.45, 2.75) is 25.6 Å². The Labute approximate surface area is 209 Å². The van der Waals surface area contributed by atoms with Gasteiger partial charge in [0.1, 0.15) is 5.75 Å². The fourth-order valence-corrected chi connectivity index (χ4v) is 4.61. The molecule has 2 aromatic heterocycles. The van der Waals surface area contributed by atoms with Gasteiger partial charge in [-0.1, -0.05) is 0 Å². The summed E-state index contributed by atoms with van der Waals surface area (Å²) < 4.78 is 52.9. The predicted molar refractivity (Wildman–Crippen MR) is 128 cm³/mol. The molecule has 192 valence electrons. The number of carbonyl (C=O) groups excluding carboxylic acids is 1. The SMILES string of the molecule is COc1ccc(-c2cc(C(F)(F)F)n3nc(C(=O)N4CCc5cc(O)c(OC)cc5C4C)cc3n2)cc1. The molecule has 3 heterocycles. The number of phenolic OH excluding ortho intramolecular Hbond substituents is 1. The minimum Gasteiger partial charge on any atom is -0.504 e. The first-order chi connectivity index (χ1) is 17.6. The van der Waals surface area contributed by atoms with Gasteiger partial charge < -0.3 is 19.5 Å². The molecule has 0 spiro atoms. The largest absolute Gasteiger partial charge is 0.504 e. The Hall–Kier alpha value is -4.28. The first-order valence-electron chi connectivity index (χ1n) is 11.4. The Kier molecular flexibility index (Phi) is 5.93. The van der Waals surface area contributed by atoms with Crippen LogP contribution in [0.3, 0.4) is 0 Å². The molecular formula is C26H23F3N4O4. The molecule has 0 bridgehead atoms. The van der Waals surface area contributed by atoms with Gasteiger partial charge >= 0.3 is 6.18 Å². The van der Waals surface area contributed by atoms with Crippen LogP contribution in [-0.4, -0.2) is 51.3 Å². The highest BCUT2D eigenvalue weighted by Crippen LogP contribution is 2.38. The molecule has 1 aliphatic heterocycles. The number of hydrogen-bond donors (Lipinski definition) is 1. The number of ether oxygens (including phenoxy) is 2. The van der Waals surface area contributed by atoms with Crippen LogP contribution in [0.1, 0.15) is 40.3 Å². The van der Waals surface area contributed by atoms with Crippen molar-refractivity contribution in [3.8, 4) is 28.5 Å². The topological polar surface area (TPSA) is 89.2 Å². The molecule has 1 aliphatic rings. The number of hydrogen-bond acceptors (Lipinski definition) is 6. The summed E-state index contributed by atoms with van der Waals surface area (Å²) in [5.74, 6) is 0.322. The van der Waals surface area contributed by atoms with Crippen molar-refractivity contribution < 1.29 is 32.5 Å². The van der Waals surface area contributed by atoms with Crippen LogP contribution in [0.15, 0.2) is 48.5 Å². The molecule has 0 radical (unpaired) electrons. The van der Waals surface area contributed by atoms with Crippen LogP contribution < -0.4 is 9.47 Å². The third-order valence-electron chi connectivity index (χ3n) is 6.56. The number of fused-ring (bicyclic) bond motifs is 2. The zero-order valence-electron chi connectivity index (χ0n) is 20.2. The first-order valence-corrected chi connectivity index (χ1v) is 11.4. The Balaban J connectivity index is 1.54. The second kappa shape index (κ2) is 8.99. The first kappa shape index (κ1) is 24.4. The van der Waals surface area contributed by atoms with Crippen LogP contribution in [0.2, 0.25) is 0 Å². The fraction of sp³-hybridized carbons (Fsp3) is 0.269. The van der Waals surface area contributed by atoms with Crippen LogP contribution in [0.25, 0.3) is 16.9 Å². The monoisotopic (exact) mass is 512 g/mol. The molecule has 11 heteroatoms. The summed E-state index contributed by atoms with van der Waals surface area (Å²) in [4.78, 5) is 19.3. The van der Waals surface area contributed by atoms with Crippen LogP contribution >= 0.6 is 0 Å². The number of alkyl halides is 3. The maximum Gasteiger partial charge on any atom is 0.433 e. The lowest BCUT2D eigenvalue weighted by atomic mass is 9.92. The second-order valence-electron chi connectivity index (χ2n) is 8.70. The van der Waals surface area contributed by atoms with Gasteiger partial charge in [-0.25, -0.2) is 9.50 Å². The Morgan fingerprint density at radius 1 is 1.08 bits per heavy atom. The quantitative estimate of drug-likeness (QED) is 0.419. The molecule has 0 saturated carbocycles. The number of nitrogens with zero attached hydrogens (tertiary/aromatic N) is 4. The van der Waals surface area contributed by atoms with Crippen LogP contribution in [0, 0.1) is 0 Å². The second-order valence-corrected chi connectivity index (χ2v) is 8.70. The van der Waals surface area contributed by atoms with Crippen molar-refractivity contribution in [3.05, 3.63) is 71.0 Å². The van der Waals surface area contributed by atoms with Crippen molar-refractivity contribution in [3.63, 3.8) is 0 Å². The van der Waals surface area contributed by atoms with Crippen molar-refractivity contribution in [1.82, 2.24) is 19.5 Å². The van der Waals surface area contributed by atoms with Crippen LogP contribution in [0.5, 0.6) is 17.2 Å². The lowest BCUT2D eigenvalue weighted by molar-refractivity contribution is -0.142. The minimum atomic E-state index is -4.73. The number of halogens is 3. The molecule has 1 N–H and O–H groups in total. The van der Waals surface area contributed by atoms with Crippen molar-refractivity contribution in [2.24, 2.45) is 0 Å². The van der Waals surface area contributed by atoms with Crippen molar-refractivity contribution in [2.75, 3.05) is 20.8 Å². The van der Waals surface area contributed by atoms with Gasteiger partial charge in [0.05, 0.1) is 26.0 Å². The Morgan fingerprint density at radius 2 is 1.81 bits per heavy atom. The number of rotatable bonds is 4. The van der Waals surface area contributed by atoms with E-state index < -0.39 is 23.8 Å². The minimum absolute atomic E-state index is 0.00648. The smallest absolute Gasteiger partial charge is 0.433 e. The third kappa shape index (κ3) is 4.30. The average molecular weight is 512 g/mol. The van der Waals surface area contributed by atoms with Crippen molar-refractivity contribution in [1.29, 1.82) is 0 Å². The summed E-state index contributed by atoms with van der Waals surface area (Å²) in [6.45, 7) is 2.12. The summed E-state index contributed by atoms with van der Waals surface area (Å²) in [6, 6.07) is 11.5. The molecule has 5 rings (SSSR count). The number of aromatic nitrogens is 3. The van der Waals surface area contributed by atoms with E-state index in [-0.39, 0.29) is 28.5 Å². The molecule has 0 aliphatic carbocycles. The van der Waals surface area contributed by atoms with Gasteiger partial charge in [0.25, 0.3) is 5.91 Å². The maximum absolute atomic E-state index is 14.0. The van der Waals surface area contributed by atoms with E-state index in [9.17, 15) is 23.1 Å². The molecule has 1 amide bonds. The Morgan fingerprint density at radius 3 is 2.46 bits per heavy atom. The molecule has 1 unspecified atom stereocenters. The zero-order chi connectivity index (χ0) is 26.5. The number of aromatic hydroxyl groups is 1. The van der Waals surface area contributed by atoms with E-state index in [1.165, 1.54) is 25.2 Å². The number of amides is 1. The average Bonchev–Trinajstić information content (AvgIpc) is 3.31. The third-order valence-corrected chi connectivity index (χ3v) is 6.56. The molecule has 8 nitrogen and oxygen atoms in total. The normalized spacial score (nSPS) is 15.5. The highest BCUT2D eigenvalue weighted by Gasteiger charge is 2.37. The van der Waals surface area contributed by atoms with E-state index in [4.69, 9.17) is 9.47 Å². The van der Waals surface area contributed by atoms with E-state index in [0.29, 0.717) is 28.8 Å². The van der Waals surface area contributed by atoms with E-state index in [1.54, 1.807) is 36.4 Å². The molecule has 2 aromatic carbocycles. The lowest BCUT2D eigenvalue weighted by Gasteiger charge is -2.35. The Bertz CT molecular complexity index is 1500. The van der Waals surface area contributed by atoms with E-state index >= 15 is 0 Å². The summed E-state index contributed by atoms with van der Waals surface area (Å²) in [6.07, 6.45) is -4.27. The van der Waals surface area contributed by atoms with E-state index in [0.717, 1.165) is 17.2 Å². The van der Waals surface area contributed by atoms with Crippen molar-refractivity contribution >= 4 is 11.6 Å². The zero-order valence-corrected chi connectivity index (χ0v) is 20.2. The van der Waals surface area contributed by atoms with Crippen LogP contribution in [-0.2, 0) is 12.6 Å². The number of methoxy groups -OCH3 is 2. The highest BCUT2D eigenvalue weighted by molar-refractivity contribution is 5.94. The number of benzene rings is 2. The number of carbonyl (C=O) groups is 1. The van der Waals surface area contributed by atoms with E-state index in [2.05, 4.69) is 10.1 Å². The van der Waals surface area contributed by atoms with Gasteiger partial charge in [-0.3, -0.25) is 4.79 Å². The van der Waals surface area contributed by atoms with Gasteiger partial charge in [0, 0.05) is 18.2 Å². The molecule has 0 saturated heterocycles. The highest BCUT2D eigenvalue weighted by atomic mass is 19.4. The summed E-state index contributed by atoms with van der Waals surface area (Å²) in [5.41, 5.74) is 0.921. The summed E-state index contributed by atoms with van der Waals surface area (Å²) >= 11 is 0. The maximum atomic E-state index is 14.0. The van der Waals surface area contributed by atoms with Gasteiger partial charge in [-0.2, -0.15) is 18.3 Å². The van der Waals surface area contributed by atoms with Gasteiger partial charge in [0.15, 0.2) is 28.5 Å². The standard InChI is InChI=1S/C26H23F3N4O4/c1-14-18-11-22(37-3)21(34)10-16(18)8-9-32(14)25(35)20-13-24-30-19(15-4-6-17(36-2)7-5-15)12-23(26(27,28)29)33(24)31-20/h4-7,10-14,34H,8-9H2,1-3H3. The summed E-state index contributed by atoms with van der Waals surface area (Å²) in [5, 5.41) is 14.1. The molecule has 37 heavy (non-hydrogen) atoms. The lowest BCUT2D eigenvalue weighted by Crippen LogP contribution is -2.39. The van der Waals surface area contributed by atoms with Crippen LogP contribution in [0.4, 0.5) is 13.2 Å².